The lowest BCUT2D eigenvalue weighted by molar-refractivity contribution is -0.122. The number of benzene rings is 1. The average Bonchev–Trinajstić information content (AvgIpc) is 2.20. The van der Waals surface area contributed by atoms with Gasteiger partial charge in [0.2, 0.25) is 5.91 Å². The van der Waals surface area contributed by atoms with Crippen molar-refractivity contribution in [3.63, 3.8) is 0 Å². The Morgan fingerprint density at radius 2 is 2.00 bits per heavy atom. The standard InChI is InChI=1S/C12H17NO3/c1-9(2)13-12(15)7-8-16-11-5-3-10(14)4-6-11/h3-6,9,14H,7-8H2,1-2H3,(H,13,15). The Bertz CT molecular complexity index is 333. The lowest BCUT2D eigenvalue weighted by atomic mass is 10.3. The molecule has 0 heterocycles. The van der Waals surface area contributed by atoms with Gasteiger partial charge >= 0.3 is 0 Å². The molecule has 0 saturated carbocycles. The molecule has 0 aliphatic carbocycles. The number of hydrogen-bond donors (Lipinski definition) is 2. The maximum Gasteiger partial charge on any atom is 0.223 e. The Morgan fingerprint density at radius 1 is 1.38 bits per heavy atom. The quantitative estimate of drug-likeness (QED) is 0.798. The third kappa shape index (κ3) is 4.68. The van der Waals surface area contributed by atoms with Crippen molar-refractivity contribution < 1.29 is 14.6 Å². The number of hydrogen-bond acceptors (Lipinski definition) is 3. The van der Waals surface area contributed by atoms with Gasteiger partial charge in [0.1, 0.15) is 11.5 Å². The summed E-state index contributed by atoms with van der Waals surface area (Å²) in [6.07, 6.45) is 0.332. The fraction of sp³-hybridized carbons (Fsp3) is 0.417. The largest absolute Gasteiger partial charge is 0.508 e. The number of amides is 1. The normalized spacial score (nSPS) is 10.2. The van der Waals surface area contributed by atoms with Crippen LogP contribution in [0.4, 0.5) is 0 Å². The molecular weight excluding hydrogens is 206 g/mol. The Labute approximate surface area is 95.2 Å². The third-order valence-electron chi connectivity index (χ3n) is 1.88. The van der Waals surface area contributed by atoms with Crippen LogP contribution in [-0.4, -0.2) is 23.7 Å². The van der Waals surface area contributed by atoms with E-state index in [1.807, 2.05) is 13.8 Å². The van der Waals surface area contributed by atoms with E-state index >= 15 is 0 Å². The van der Waals surface area contributed by atoms with E-state index in [1.54, 1.807) is 24.3 Å². The first-order valence-corrected chi connectivity index (χ1v) is 5.29. The summed E-state index contributed by atoms with van der Waals surface area (Å²) >= 11 is 0. The van der Waals surface area contributed by atoms with Crippen molar-refractivity contribution in [1.82, 2.24) is 5.32 Å². The summed E-state index contributed by atoms with van der Waals surface area (Å²) in [5.74, 6) is 0.828. The first-order chi connectivity index (χ1) is 7.58. The van der Waals surface area contributed by atoms with Crippen LogP contribution in [-0.2, 0) is 4.79 Å². The molecule has 0 fully saturated rings. The van der Waals surface area contributed by atoms with Crippen molar-refractivity contribution in [3.05, 3.63) is 24.3 Å². The molecule has 16 heavy (non-hydrogen) atoms. The van der Waals surface area contributed by atoms with Gasteiger partial charge in [0.05, 0.1) is 13.0 Å². The predicted octanol–water partition coefficient (Wildman–Crippen LogP) is 1.69. The number of rotatable bonds is 5. The highest BCUT2D eigenvalue weighted by Gasteiger charge is 2.03. The van der Waals surface area contributed by atoms with E-state index in [0.29, 0.717) is 18.8 Å². The van der Waals surface area contributed by atoms with Gasteiger partial charge in [-0.3, -0.25) is 4.79 Å². The number of ether oxygens (including phenoxy) is 1. The molecule has 0 aliphatic rings. The van der Waals surface area contributed by atoms with Crippen LogP contribution in [0.5, 0.6) is 11.5 Å². The van der Waals surface area contributed by atoms with Crippen molar-refractivity contribution >= 4 is 5.91 Å². The molecule has 88 valence electrons. The van der Waals surface area contributed by atoms with Gasteiger partial charge in [0.25, 0.3) is 0 Å². The summed E-state index contributed by atoms with van der Waals surface area (Å²) in [7, 11) is 0. The van der Waals surface area contributed by atoms with E-state index in [1.165, 1.54) is 0 Å². The number of nitrogens with one attached hydrogen (secondary N) is 1. The molecule has 1 aromatic carbocycles. The van der Waals surface area contributed by atoms with E-state index < -0.39 is 0 Å². The van der Waals surface area contributed by atoms with E-state index in [9.17, 15) is 4.79 Å². The second kappa shape index (κ2) is 6.00. The molecule has 0 radical (unpaired) electrons. The number of carbonyl (C=O) groups is 1. The lowest BCUT2D eigenvalue weighted by Gasteiger charge is -2.09. The van der Waals surface area contributed by atoms with Crippen LogP contribution >= 0.6 is 0 Å². The highest BCUT2D eigenvalue weighted by atomic mass is 16.5. The number of phenolic OH excluding ortho intramolecular Hbond substituents is 1. The zero-order valence-electron chi connectivity index (χ0n) is 9.56. The second-order valence-corrected chi connectivity index (χ2v) is 3.81. The van der Waals surface area contributed by atoms with Gasteiger partial charge < -0.3 is 15.2 Å². The SMILES string of the molecule is CC(C)NC(=O)CCOc1ccc(O)cc1. The van der Waals surface area contributed by atoms with Crippen LogP contribution in [0.3, 0.4) is 0 Å². The molecule has 0 bridgehead atoms. The molecule has 0 aliphatic heterocycles. The fourth-order valence-corrected chi connectivity index (χ4v) is 1.20. The molecule has 0 spiro atoms. The molecule has 0 saturated heterocycles. The molecule has 0 aromatic heterocycles. The van der Waals surface area contributed by atoms with Crippen molar-refractivity contribution in [1.29, 1.82) is 0 Å². The summed E-state index contributed by atoms with van der Waals surface area (Å²) in [4.78, 5) is 11.3. The Hall–Kier alpha value is -1.71. The van der Waals surface area contributed by atoms with Crippen LogP contribution in [0.1, 0.15) is 20.3 Å². The Kier molecular flexibility index (Phi) is 4.64. The molecular formula is C12H17NO3. The lowest BCUT2D eigenvalue weighted by Crippen LogP contribution is -2.31. The number of aromatic hydroxyl groups is 1. The molecule has 1 rings (SSSR count). The van der Waals surface area contributed by atoms with Gasteiger partial charge in [0, 0.05) is 6.04 Å². The monoisotopic (exact) mass is 223 g/mol. The number of carbonyl (C=O) groups excluding carboxylic acids is 1. The summed E-state index contributed by atoms with van der Waals surface area (Å²) in [5, 5.41) is 11.8. The van der Waals surface area contributed by atoms with Crippen LogP contribution in [0.2, 0.25) is 0 Å². The molecule has 1 amide bonds. The first-order valence-electron chi connectivity index (χ1n) is 5.29. The van der Waals surface area contributed by atoms with Crippen LogP contribution in [0, 0.1) is 0 Å². The molecule has 4 heteroatoms. The van der Waals surface area contributed by atoms with E-state index in [0.717, 1.165) is 0 Å². The number of phenols is 1. The van der Waals surface area contributed by atoms with Gasteiger partial charge in [0.15, 0.2) is 0 Å². The van der Waals surface area contributed by atoms with E-state index in [2.05, 4.69) is 5.32 Å². The average molecular weight is 223 g/mol. The van der Waals surface area contributed by atoms with Crippen molar-refractivity contribution in [2.75, 3.05) is 6.61 Å². The molecule has 0 atom stereocenters. The zero-order chi connectivity index (χ0) is 12.0. The minimum absolute atomic E-state index is 0.0196. The highest BCUT2D eigenvalue weighted by Crippen LogP contribution is 2.15. The molecule has 0 unspecified atom stereocenters. The molecule has 1 aromatic rings. The summed E-state index contributed by atoms with van der Waals surface area (Å²) in [6.45, 7) is 4.17. The Morgan fingerprint density at radius 3 is 2.56 bits per heavy atom. The van der Waals surface area contributed by atoms with Crippen LogP contribution in [0.25, 0.3) is 0 Å². The van der Waals surface area contributed by atoms with Crippen molar-refractivity contribution in [3.8, 4) is 11.5 Å². The fourth-order valence-electron chi connectivity index (χ4n) is 1.20. The first kappa shape index (κ1) is 12.4. The Balaban J connectivity index is 2.25. The minimum atomic E-state index is -0.0196. The van der Waals surface area contributed by atoms with Gasteiger partial charge in [-0.05, 0) is 38.1 Å². The van der Waals surface area contributed by atoms with Crippen LogP contribution < -0.4 is 10.1 Å². The summed E-state index contributed by atoms with van der Waals surface area (Å²) < 4.78 is 5.34. The molecule has 2 N–H and O–H groups in total. The molecule has 4 nitrogen and oxygen atoms in total. The zero-order valence-corrected chi connectivity index (χ0v) is 9.56. The smallest absolute Gasteiger partial charge is 0.223 e. The third-order valence-corrected chi connectivity index (χ3v) is 1.88. The van der Waals surface area contributed by atoms with Gasteiger partial charge in [-0.2, -0.15) is 0 Å². The predicted molar refractivity (Wildman–Crippen MR) is 61.5 cm³/mol. The summed E-state index contributed by atoms with van der Waals surface area (Å²) in [5.41, 5.74) is 0. The van der Waals surface area contributed by atoms with Crippen LogP contribution in [0.15, 0.2) is 24.3 Å². The van der Waals surface area contributed by atoms with Gasteiger partial charge in [-0.25, -0.2) is 0 Å². The van der Waals surface area contributed by atoms with Crippen molar-refractivity contribution in [2.24, 2.45) is 0 Å². The maximum absolute atomic E-state index is 11.3. The van der Waals surface area contributed by atoms with E-state index in [4.69, 9.17) is 9.84 Å². The second-order valence-electron chi connectivity index (χ2n) is 3.81. The van der Waals surface area contributed by atoms with E-state index in [-0.39, 0.29) is 17.7 Å². The topological polar surface area (TPSA) is 58.6 Å². The van der Waals surface area contributed by atoms with Gasteiger partial charge in [-0.15, -0.1) is 0 Å². The minimum Gasteiger partial charge on any atom is -0.508 e. The van der Waals surface area contributed by atoms with Crippen molar-refractivity contribution in [2.45, 2.75) is 26.3 Å². The van der Waals surface area contributed by atoms with Gasteiger partial charge in [-0.1, -0.05) is 0 Å². The highest BCUT2D eigenvalue weighted by molar-refractivity contribution is 5.76. The maximum atomic E-state index is 11.3. The summed E-state index contributed by atoms with van der Waals surface area (Å²) in [6, 6.07) is 6.57.